The molecule has 73 heavy (non-hydrogen) atoms. The highest BCUT2D eigenvalue weighted by Gasteiger charge is 2.51. The third-order valence-electron chi connectivity index (χ3n) is 17.8. The second-order valence-electron chi connectivity index (χ2n) is 22.3. The number of nitro groups is 1. The molecule has 1 spiro atoms. The number of nitro benzene ring substituents is 1. The van der Waals surface area contributed by atoms with Crippen LogP contribution in [0.25, 0.3) is 11.0 Å². The van der Waals surface area contributed by atoms with Crippen LogP contribution < -0.4 is 29.3 Å². The minimum atomic E-state index is -4.69. The fourth-order valence-electron chi connectivity index (χ4n) is 13.4. The van der Waals surface area contributed by atoms with Crippen LogP contribution in [0.1, 0.15) is 118 Å². The standard InChI is InChI=1S/C55H66N8O9S/c1-33(2)39-8-5-6-9-40(39)43-10-7-21-61(43)37-28-55(29-37)18-22-60(23-19-55)36-11-12-41(44(25-36)62-46-24-35-15-20-56-51(35)58-53(46)72-49-32-70-31-47(49)62)52(64)59-73(67,68)38-26-45(63(65)66)50-48(27-38)71-30-42(57-50)34-13-16-54(3,69-4)17-14-34/h5-6,8-9,11-12,15,20,24-27,33-34,37,42-43,47,49,57H,7,10,13-14,16-19,21-23,28-32H2,1-4H3,(H,56,58)(H,59,64)/t34?,42-,43-,47-,49-,54?/m0/s1. The van der Waals surface area contributed by atoms with Gasteiger partial charge in [0.25, 0.3) is 21.6 Å². The Hall–Kier alpha value is -5.95. The topological polar surface area (TPSA) is 194 Å². The zero-order valence-corrected chi connectivity index (χ0v) is 42.9. The normalized spacial score (nSPS) is 26.9. The Morgan fingerprint density at radius 3 is 2.52 bits per heavy atom. The lowest BCUT2D eigenvalue weighted by Gasteiger charge is -2.56. The summed E-state index contributed by atoms with van der Waals surface area (Å²) >= 11 is 0. The first-order chi connectivity index (χ1) is 35.2. The van der Waals surface area contributed by atoms with Crippen LogP contribution in [0.2, 0.25) is 0 Å². The van der Waals surface area contributed by atoms with Crippen molar-refractivity contribution >= 4 is 55.4 Å². The fourth-order valence-corrected chi connectivity index (χ4v) is 14.4. The van der Waals surface area contributed by atoms with Gasteiger partial charge in [-0.05, 0) is 136 Å². The number of anilines is 4. The van der Waals surface area contributed by atoms with Crippen molar-refractivity contribution in [2.45, 2.75) is 132 Å². The Kier molecular flexibility index (Phi) is 12.1. The van der Waals surface area contributed by atoms with Gasteiger partial charge in [-0.25, -0.2) is 13.1 Å². The third-order valence-corrected chi connectivity index (χ3v) is 19.1. The summed E-state index contributed by atoms with van der Waals surface area (Å²) in [5, 5.41) is 16.8. The Labute approximate surface area is 426 Å². The lowest BCUT2D eigenvalue weighted by Crippen LogP contribution is -2.55. The monoisotopic (exact) mass is 1010 g/mol. The molecule has 12 rings (SSSR count). The van der Waals surface area contributed by atoms with Crippen molar-refractivity contribution in [1.82, 2.24) is 19.6 Å². The zero-order valence-electron chi connectivity index (χ0n) is 42.1. The Bertz CT molecular complexity index is 3070. The van der Waals surface area contributed by atoms with Gasteiger partial charge in [0.1, 0.15) is 24.0 Å². The maximum absolute atomic E-state index is 14.8. The van der Waals surface area contributed by atoms with Gasteiger partial charge in [0.2, 0.25) is 5.88 Å². The molecule has 3 saturated heterocycles. The van der Waals surface area contributed by atoms with Gasteiger partial charge in [-0.15, -0.1) is 0 Å². The van der Waals surface area contributed by atoms with E-state index in [1.165, 1.54) is 42.9 Å². The van der Waals surface area contributed by atoms with Crippen LogP contribution in [0, 0.1) is 21.4 Å². The highest BCUT2D eigenvalue weighted by atomic mass is 32.2. The number of nitrogens with one attached hydrogen (secondary N) is 3. The Morgan fingerprint density at radius 2 is 1.75 bits per heavy atom. The summed E-state index contributed by atoms with van der Waals surface area (Å²) in [4.78, 5) is 41.5. The molecule has 5 aromatic rings. The summed E-state index contributed by atoms with van der Waals surface area (Å²) in [6.45, 7) is 10.3. The predicted octanol–water partition coefficient (Wildman–Crippen LogP) is 9.37. The van der Waals surface area contributed by atoms with Crippen LogP contribution >= 0.6 is 0 Å². The molecule has 0 unspecified atom stereocenters. The van der Waals surface area contributed by atoms with E-state index in [2.05, 4.69) is 69.9 Å². The van der Waals surface area contributed by atoms with E-state index in [1.807, 2.05) is 35.4 Å². The molecule has 0 bridgehead atoms. The minimum Gasteiger partial charge on any atom is -0.489 e. The van der Waals surface area contributed by atoms with E-state index in [-0.39, 0.29) is 52.6 Å². The number of rotatable bonds is 11. The number of fused-ring (bicyclic) bond motifs is 4. The molecule has 1 amide bonds. The van der Waals surface area contributed by atoms with Crippen molar-refractivity contribution in [1.29, 1.82) is 0 Å². The van der Waals surface area contributed by atoms with Crippen LogP contribution in [-0.2, 0) is 19.5 Å². The van der Waals surface area contributed by atoms with Crippen LogP contribution in [0.5, 0.6) is 11.6 Å². The van der Waals surface area contributed by atoms with Crippen LogP contribution in [0.4, 0.5) is 28.4 Å². The molecule has 3 N–H and O–H groups in total. The van der Waals surface area contributed by atoms with Gasteiger partial charge in [0.05, 0.1) is 52.0 Å². The molecule has 2 aromatic heterocycles. The van der Waals surface area contributed by atoms with E-state index in [1.54, 1.807) is 13.2 Å². The molecule has 2 saturated carbocycles. The highest BCUT2D eigenvalue weighted by Crippen LogP contribution is 2.55. The molecule has 18 heteroatoms. The molecular weight excluding hydrogens is 949 g/mol. The number of pyridine rings is 1. The summed E-state index contributed by atoms with van der Waals surface area (Å²) < 4.78 is 55.4. The number of nitrogens with zero attached hydrogens (tertiary/aromatic N) is 5. The SMILES string of the molecule is COC1(C)CCC([C@@H]2COc3cc(S(=O)(=O)NC(=O)c4ccc(N5CCC6(CC5)CC(N5CCC[C@H]5c5ccccc5C(C)C)C6)cc4N4c5cc6cc[nH]c6nc5O[C@H]5COC[C@@H]54)cc([N+](=O)[O-])c3N2)CC1. The summed E-state index contributed by atoms with van der Waals surface area (Å²) in [7, 11) is -2.98. The molecule has 2 aliphatic carbocycles. The average Bonchev–Trinajstić information content (AvgIpc) is 4.18. The molecule has 0 radical (unpaired) electrons. The second-order valence-corrected chi connectivity index (χ2v) is 24.0. The summed E-state index contributed by atoms with van der Waals surface area (Å²) in [5.41, 5.74) is 5.45. The van der Waals surface area contributed by atoms with Crippen molar-refractivity contribution in [2.75, 3.05) is 61.7 Å². The number of benzene rings is 3. The highest BCUT2D eigenvalue weighted by molar-refractivity contribution is 7.90. The van der Waals surface area contributed by atoms with E-state index in [9.17, 15) is 23.3 Å². The number of methoxy groups -OCH3 is 1. The molecule has 7 aliphatic rings. The van der Waals surface area contributed by atoms with Crippen molar-refractivity contribution in [2.24, 2.45) is 11.3 Å². The summed E-state index contributed by atoms with van der Waals surface area (Å²) in [5.74, 6) is 0.180. The van der Waals surface area contributed by atoms with E-state index in [4.69, 9.17) is 23.9 Å². The van der Waals surface area contributed by atoms with Crippen molar-refractivity contribution in [3.8, 4) is 11.6 Å². The predicted molar refractivity (Wildman–Crippen MR) is 278 cm³/mol. The maximum Gasteiger partial charge on any atom is 0.297 e. The molecule has 386 valence electrons. The van der Waals surface area contributed by atoms with Gasteiger partial charge in [-0.3, -0.25) is 19.8 Å². The van der Waals surface area contributed by atoms with Crippen molar-refractivity contribution in [3.05, 3.63) is 99.7 Å². The fraction of sp³-hybridized carbons (Fsp3) is 0.527. The number of piperidine rings is 1. The van der Waals surface area contributed by atoms with Crippen LogP contribution in [0.15, 0.2) is 77.8 Å². The first kappa shape index (κ1) is 48.0. The Balaban J connectivity index is 0.819. The van der Waals surface area contributed by atoms with Crippen LogP contribution in [0.3, 0.4) is 0 Å². The Morgan fingerprint density at radius 1 is 0.959 bits per heavy atom. The molecular formula is C55H66N8O9S. The van der Waals surface area contributed by atoms with Crippen LogP contribution in [-0.4, -0.2) is 111 Å². The van der Waals surface area contributed by atoms with Gasteiger partial charge in [0, 0.05) is 61.7 Å². The molecule has 7 heterocycles. The van der Waals surface area contributed by atoms with Gasteiger partial charge in [-0.2, -0.15) is 4.98 Å². The largest absolute Gasteiger partial charge is 0.489 e. The van der Waals surface area contributed by atoms with Crippen molar-refractivity contribution in [3.63, 3.8) is 0 Å². The number of sulfonamides is 1. The first-order valence-corrected chi connectivity index (χ1v) is 27.8. The van der Waals surface area contributed by atoms with Gasteiger partial charge >= 0.3 is 0 Å². The molecule has 5 fully saturated rings. The third kappa shape index (κ3) is 8.64. The number of hydrogen-bond donors (Lipinski definition) is 3. The number of ether oxygens (including phenoxy) is 4. The van der Waals surface area contributed by atoms with E-state index < -0.39 is 37.5 Å². The number of aromatic nitrogens is 2. The van der Waals surface area contributed by atoms with E-state index >= 15 is 0 Å². The number of carbonyl (C=O) groups excluding carboxylic acids is 1. The average molecular weight is 1020 g/mol. The van der Waals surface area contributed by atoms with Gasteiger partial charge in [0.15, 0.2) is 11.4 Å². The van der Waals surface area contributed by atoms with E-state index in [0.29, 0.717) is 54.1 Å². The molecule has 5 aliphatic heterocycles. The molecule has 3 aromatic carbocycles. The van der Waals surface area contributed by atoms with Gasteiger partial charge < -0.3 is 39.0 Å². The quantitative estimate of drug-likeness (QED) is 0.0837. The number of amides is 1. The summed E-state index contributed by atoms with van der Waals surface area (Å²) in [6, 6.07) is 21.2. The molecule has 4 atom stereocenters. The number of likely N-dealkylation sites (tertiary alicyclic amines) is 1. The van der Waals surface area contributed by atoms with Crippen molar-refractivity contribution < 1.29 is 37.1 Å². The maximum atomic E-state index is 14.8. The van der Waals surface area contributed by atoms with E-state index in [0.717, 1.165) is 75.3 Å². The lowest BCUT2D eigenvalue weighted by atomic mass is 9.59. The second kappa shape index (κ2) is 18.5. The number of H-pyrrole nitrogens is 1. The lowest BCUT2D eigenvalue weighted by molar-refractivity contribution is -0.384. The van der Waals surface area contributed by atoms with Gasteiger partial charge in [-0.1, -0.05) is 38.1 Å². The number of hydrogen-bond acceptors (Lipinski definition) is 14. The number of carbonyl (C=O) groups is 1. The number of aromatic amines is 1. The first-order valence-electron chi connectivity index (χ1n) is 26.3. The smallest absolute Gasteiger partial charge is 0.297 e. The minimum absolute atomic E-state index is 0.0370. The summed E-state index contributed by atoms with van der Waals surface area (Å²) in [6.07, 6.45) is 11.7. The molecule has 17 nitrogen and oxygen atoms in total. The zero-order chi connectivity index (χ0) is 50.4.